The van der Waals surface area contributed by atoms with Crippen LogP contribution in [0.4, 0.5) is 5.69 Å². The molecule has 0 aliphatic rings. The highest BCUT2D eigenvalue weighted by Crippen LogP contribution is 2.23. The first kappa shape index (κ1) is 18.6. The van der Waals surface area contributed by atoms with Gasteiger partial charge in [0.25, 0.3) is 5.56 Å². The summed E-state index contributed by atoms with van der Waals surface area (Å²) in [6.45, 7) is 12.3. The summed E-state index contributed by atoms with van der Waals surface area (Å²) >= 11 is 0. The molecule has 0 radical (unpaired) electrons. The molecular formula is C19H19N5O2S. The molecule has 0 aliphatic carbocycles. The fourth-order valence-corrected chi connectivity index (χ4v) is 3.73. The van der Waals surface area contributed by atoms with E-state index in [4.69, 9.17) is 11.4 Å². The molecule has 1 aromatic carbocycles. The van der Waals surface area contributed by atoms with Crippen molar-refractivity contribution in [1.82, 2.24) is 14.8 Å². The molecular weight excluding hydrogens is 362 g/mol. The number of hydrogen-bond acceptors (Lipinski definition) is 4. The van der Waals surface area contributed by atoms with E-state index in [1.54, 1.807) is 57.2 Å². The second kappa shape index (κ2) is 6.85. The average molecular weight is 381 g/mol. The summed E-state index contributed by atoms with van der Waals surface area (Å²) in [4.78, 5) is 20.8. The summed E-state index contributed by atoms with van der Waals surface area (Å²) in [7, 11) is -2.92. The zero-order valence-corrected chi connectivity index (χ0v) is 16.0. The van der Waals surface area contributed by atoms with Gasteiger partial charge in [0.05, 0.1) is 26.8 Å². The van der Waals surface area contributed by atoms with Crippen molar-refractivity contribution >= 4 is 15.4 Å². The Bertz CT molecular complexity index is 1180. The van der Waals surface area contributed by atoms with Crippen LogP contribution in [0.5, 0.6) is 0 Å². The van der Waals surface area contributed by atoms with Gasteiger partial charge >= 0.3 is 0 Å². The van der Waals surface area contributed by atoms with Crippen LogP contribution in [0.1, 0.15) is 19.5 Å². The van der Waals surface area contributed by atoms with Crippen LogP contribution in [0, 0.1) is 18.3 Å². The highest BCUT2D eigenvalue weighted by molar-refractivity contribution is 7.93. The number of nitrogens with one attached hydrogen (secondary N) is 2. The molecule has 7 nitrogen and oxygen atoms in total. The summed E-state index contributed by atoms with van der Waals surface area (Å²) in [6, 6.07) is 9.97. The predicted octanol–water partition coefficient (Wildman–Crippen LogP) is 3.90. The summed E-state index contributed by atoms with van der Waals surface area (Å²) in [6.07, 6.45) is 1.39. The lowest BCUT2D eigenvalue weighted by molar-refractivity contribution is 0.666. The van der Waals surface area contributed by atoms with Gasteiger partial charge < -0.3 is 0 Å². The molecule has 0 aliphatic heterocycles. The van der Waals surface area contributed by atoms with Crippen LogP contribution in [0.25, 0.3) is 21.8 Å². The zero-order chi connectivity index (χ0) is 19.8. The zero-order valence-electron chi connectivity index (χ0n) is 15.2. The normalized spacial score (nSPS) is 13.3. The van der Waals surface area contributed by atoms with E-state index in [1.165, 1.54) is 10.9 Å². The van der Waals surface area contributed by atoms with Crippen LogP contribution < -0.4 is 5.56 Å². The summed E-state index contributed by atoms with van der Waals surface area (Å²) in [5, 5.41) is 2.67. The molecule has 138 valence electrons. The van der Waals surface area contributed by atoms with Gasteiger partial charge in [-0.15, -0.1) is 0 Å². The number of benzene rings is 1. The molecule has 2 aromatic heterocycles. The Hall–Kier alpha value is -3.18. The fraction of sp³-hybridized carbons (Fsp3) is 0.211. The maximum absolute atomic E-state index is 12.9. The molecule has 3 rings (SSSR count). The van der Waals surface area contributed by atoms with E-state index in [9.17, 15) is 9.00 Å². The Labute approximate surface area is 157 Å². The topological polar surface area (TPSA) is 96.0 Å². The minimum Gasteiger partial charge on any atom is -0.293 e. The molecule has 0 saturated heterocycles. The number of aryl methyl sites for hydroxylation is 1. The van der Waals surface area contributed by atoms with Gasteiger partial charge in [-0.05, 0) is 38.5 Å². The van der Waals surface area contributed by atoms with Crippen molar-refractivity contribution in [2.75, 3.05) is 0 Å². The molecule has 0 saturated carbocycles. The second-order valence-electron chi connectivity index (χ2n) is 6.41. The molecule has 8 heteroatoms. The molecule has 27 heavy (non-hydrogen) atoms. The lowest BCUT2D eigenvalue weighted by Gasteiger charge is -2.11. The standard InChI is InChI=1S/C19H19N5O2S/c1-12(2)27(20,26)16-9-10-17(22-11-16)24-19(25)18(13(3)23-24)14-5-7-15(21-4)8-6-14/h5-12,20,23H,1-3H3. The van der Waals surface area contributed by atoms with Crippen molar-refractivity contribution in [2.45, 2.75) is 30.9 Å². The van der Waals surface area contributed by atoms with E-state index < -0.39 is 9.73 Å². The Balaban J connectivity index is 2.04. The van der Waals surface area contributed by atoms with Crippen LogP contribution in [-0.2, 0) is 9.73 Å². The maximum atomic E-state index is 12.9. The summed E-state index contributed by atoms with van der Waals surface area (Å²) < 4.78 is 21.8. The van der Waals surface area contributed by atoms with Gasteiger partial charge in [-0.3, -0.25) is 9.89 Å². The predicted molar refractivity (Wildman–Crippen MR) is 105 cm³/mol. The van der Waals surface area contributed by atoms with Crippen LogP contribution in [0.15, 0.2) is 52.3 Å². The van der Waals surface area contributed by atoms with Crippen LogP contribution in [0.3, 0.4) is 0 Å². The molecule has 3 aromatic rings. The molecule has 0 bridgehead atoms. The monoisotopic (exact) mass is 381 g/mol. The number of pyridine rings is 1. The van der Waals surface area contributed by atoms with Crippen molar-refractivity contribution in [3.05, 3.63) is 70.1 Å². The van der Waals surface area contributed by atoms with E-state index in [0.29, 0.717) is 33.2 Å². The van der Waals surface area contributed by atoms with E-state index in [2.05, 4.69) is 14.9 Å². The van der Waals surface area contributed by atoms with Gasteiger partial charge in [-0.1, -0.05) is 24.3 Å². The van der Waals surface area contributed by atoms with Gasteiger partial charge in [-0.2, -0.15) is 0 Å². The van der Waals surface area contributed by atoms with E-state index in [-0.39, 0.29) is 10.8 Å². The minimum absolute atomic E-state index is 0.265. The van der Waals surface area contributed by atoms with Crippen molar-refractivity contribution < 1.29 is 4.21 Å². The maximum Gasteiger partial charge on any atom is 0.280 e. The number of hydrogen-bond donors (Lipinski definition) is 2. The first-order valence-corrected chi connectivity index (χ1v) is 9.91. The summed E-state index contributed by atoms with van der Waals surface area (Å²) in [5.74, 6) is 0.356. The number of rotatable bonds is 4. The minimum atomic E-state index is -2.92. The summed E-state index contributed by atoms with van der Waals surface area (Å²) in [5.41, 5.74) is 2.13. The lowest BCUT2D eigenvalue weighted by Crippen LogP contribution is -2.18. The Morgan fingerprint density at radius 2 is 1.89 bits per heavy atom. The second-order valence-corrected chi connectivity index (χ2v) is 9.03. The third kappa shape index (κ3) is 3.29. The fourth-order valence-electron chi connectivity index (χ4n) is 2.71. The number of aromatic nitrogens is 3. The quantitative estimate of drug-likeness (QED) is 0.671. The molecule has 1 atom stereocenters. The largest absolute Gasteiger partial charge is 0.293 e. The van der Waals surface area contributed by atoms with Gasteiger partial charge in [0.1, 0.15) is 0 Å². The SMILES string of the molecule is [C-]#[N+]c1ccc(-c2c(C)[nH]n(-c3ccc(S(=N)(=O)C(C)C)cn3)c2=O)cc1. The van der Waals surface area contributed by atoms with E-state index in [1.807, 2.05) is 0 Å². The Morgan fingerprint density at radius 3 is 2.41 bits per heavy atom. The van der Waals surface area contributed by atoms with E-state index >= 15 is 0 Å². The van der Waals surface area contributed by atoms with Crippen molar-refractivity contribution in [1.29, 1.82) is 4.78 Å². The highest BCUT2D eigenvalue weighted by Gasteiger charge is 2.18. The molecule has 0 fully saturated rings. The van der Waals surface area contributed by atoms with Crippen molar-refractivity contribution in [3.8, 4) is 16.9 Å². The van der Waals surface area contributed by atoms with Gasteiger partial charge in [-0.25, -0.2) is 23.5 Å². The van der Waals surface area contributed by atoms with Gasteiger partial charge in [0, 0.05) is 17.1 Å². The number of H-pyrrole nitrogens is 1. The number of nitrogens with zero attached hydrogens (tertiary/aromatic N) is 3. The molecule has 1 unspecified atom stereocenters. The molecule has 2 heterocycles. The highest BCUT2D eigenvalue weighted by atomic mass is 32.2. The third-order valence-corrected chi connectivity index (χ3v) is 6.59. The van der Waals surface area contributed by atoms with Crippen molar-refractivity contribution in [3.63, 3.8) is 0 Å². The van der Waals surface area contributed by atoms with Crippen LogP contribution in [-0.4, -0.2) is 24.2 Å². The van der Waals surface area contributed by atoms with Gasteiger partial charge in [0.15, 0.2) is 11.5 Å². The molecule has 2 N–H and O–H groups in total. The van der Waals surface area contributed by atoms with Crippen molar-refractivity contribution in [2.24, 2.45) is 0 Å². The smallest absolute Gasteiger partial charge is 0.280 e. The van der Waals surface area contributed by atoms with Gasteiger partial charge in [0.2, 0.25) is 0 Å². The van der Waals surface area contributed by atoms with Crippen LogP contribution in [0.2, 0.25) is 0 Å². The molecule has 0 spiro atoms. The molecule has 0 amide bonds. The first-order chi connectivity index (χ1) is 12.8. The average Bonchev–Trinajstić information content (AvgIpc) is 2.96. The number of aromatic amines is 1. The lowest BCUT2D eigenvalue weighted by atomic mass is 10.1. The third-order valence-electron chi connectivity index (χ3n) is 4.32. The first-order valence-electron chi connectivity index (χ1n) is 8.29. The Kier molecular flexibility index (Phi) is 4.72. The van der Waals surface area contributed by atoms with Crippen LogP contribution >= 0.6 is 0 Å². The Morgan fingerprint density at radius 1 is 1.22 bits per heavy atom. The van der Waals surface area contributed by atoms with E-state index in [0.717, 1.165) is 0 Å².